The van der Waals surface area contributed by atoms with Crippen molar-refractivity contribution in [2.24, 2.45) is 0 Å². The quantitative estimate of drug-likeness (QED) is 0.622. The highest BCUT2D eigenvalue weighted by atomic mass is 16.2. The van der Waals surface area contributed by atoms with E-state index >= 15 is 0 Å². The molecule has 2 unspecified atom stereocenters. The monoisotopic (exact) mass is 379 g/mol. The number of nitrogens with zero attached hydrogens (tertiary/aromatic N) is 1. The molecule has 2 aromatic rings. The van der Waals surface area contributed by atoms with Gasteiger partial charge in [-0.3, -0.25) is 9.59 Å². The molecule has 0 aromatic heterocycles. The van der Waals surface area contributed by atoms with Gasteiger partial charge < -0.3 is 15.5 Å². The van der Waals surface area contributed by atoms with Crippen LogP contribution >= 0.6 is 0 Å². The van der Waals surface area contributed by atoms with E-state index in [1.807, 2.05) is 39.2 Å². The SMILES string of the molecule is CC(CC1=CCC=C1)Nc1c(NCC(Cc2ccccc2)N(C)C)c(=O)c1=O. The number of rotatable bonds is 10. The van der Waals surface area contributed by atoms with Crippen LogP contribution < -0.4 is 21.5 Å². The van der Waals surface area contributed by atoms with Crippen LogP contribution in [-0.2, 0) is 6.42 Å². The van der Waals surface area contributed by atoms with E-state index < -0.39 is 10.9 Å². The number of hydrogen-bond donors (Lipinski definition) is 2. The third-order valence-electron chi connectivity index (χ3n) is 5.25. The number of allylic oxidation sites excluding steroid dienone is 3. The molecule has 5 nitrogen and oxygen atoms in total. The van der Waals surface area contributed by atoms with Crippen molar-refractivity contribution in [3.05, 3.63) is 80.1 Å². The highest BCUT2D eigenvalue weighted by Gasteiger charge is 2.23. The first kappa shape index (κ1) is 20.1. The average Bonchev–Trinajstić information content (AvgIpc) is 3.19. The Morgan fingerprint density at radius 2 is 1.75 bits per heavy atom. The van der Waals surface area contributed by atoms with Crippen molar-refractivity contribution in [3.8, 4) is 0 Å². The lowest BCUT2D eigenvalue weighted by atomic mass is 10.0. The van der Waals surface area contributed by atoms with E-state index in [0.717, 1.165) is 19.3 Å². The summed E-state index contributed by atoms with van der Waals surface area (Å²) in [4.78, 5) is 26.3. The van der Waals surface area contributed by atoms with Crippen molar-refractivity contribution < 1.29 is 0 Å². The minimum Gasteiger partial charge on any atom is -0.378 e. The predicted molar refractivity (Wildman–Crippen MR) is 117 cm³/mol. The van der Waals surface area contributed by atoms with Crippen molar-refractivity contribution in [2.45, 2.75) is 38.3 Å². The highest BCUT2D eigenvalue weighted by molar-refractivity contribution is 5.74. The summed E-state index contributed by atoms with van der Waals surface area (Å²) in [6, 6.07) is 10.6. The Morgan fingerprint density at radius 3 is 2.39 bits per heavy atom. The minimum absolute atomic E-state index is 0.0896. The smallest absolute Gasteiger partial charge is 0.253 e. The molecule has 148 valence electrons. The van der Waals surface area contributed by atoms with Gasteiger partial charge in [0.1, 0.15) is 11.4 Å². The molecule has 0 amide bonds. The second kappa shape index (κ2) is 9.02. The number of hydrogen-bond acceptors (Lipinski definition) is 5. The number of anilines is 2. The first-order valence-electron chi connectivity index (χ1n) is 9.85. The Balaban J connectivity index is 1.62. The van der Waals surface area contributed by atoms with Gasteiger partial charge in [0.15, 0.2) is 0 Å². The number of benzene rings is 1. The largest absolute Gasteiger partial charge is 0.378 e. The molecule has 2 N–H and O–H groups in total. The van der Waals surface area contributed by atoms with E-state index in [4.69, 9.17) is 0 Å². The van der Waals surface area contributed by atoms with Gasteiger partial charge in [-0.05, 0) is 51.4 Å². The van der Waals surface area contributed by atoms with Crippen LogP contribution in [0.25, 0.3) is 0 Å². The van der Waals surface area contributed by atoms with E-state index in [1.54, 1.807) is 0 Å². The van der Waals surface area contributed by atoms with Crippen molar-refractivity contribution in [1.29, 1.82) is 0 Å². The van der Waals surface area contributed by atoms with Crippen LogP contribution in [0.4, 0.5) is 11.4 Å². The number of nitrogens with one attached hydrogen (secondary N) is 2. The Bertz CT molecular complexity index is 921. The van der Waals surface area contributed by atoms with Gasteiger partial charge in [-0.15, -0.1) is 0 Å². The predicted octanol–water partition coefficient (Wildman–Crippen LogP) is 2.94. The summed E-state index contributed by atoms with van der Waals surface area (Å²) in [6.45, 7) is 2.63. The van der Waals surface area contributed by atoms with Gasteiger partial charge in [-0.2, -0.15) is 0 Å². The van der Waals surface area contributed by atoms with E-state index in [-0.39, 0.29) is 12.1 Å². The summed E-state index contributed by atoms with van der Waals surface area (Å²) in [5, 5.41) is 6.46. The van der Waals surface area contributed by atoms with Crippen LogP contribution in [-0.4, -0.2) is 37.6 Å². The van der Waals surface area contributed by atoms with Crippen LogP contribution in [0.1, 0.15) is 25.3 Å². The molecule has 2 aromatic carbocycles. The van der Waals surface area contributed by atoms with Crippen molar-refractivity contribution >= 4 is 11.4 Å². The zero-order chi connectivity index (χ0) is 20.1. The molecule has 0 bridgehead atoms. The normalized spacial score (nSPS) is 15.6. The highest BCUT2D eigenvalue weighted by Crippen LogP contribution is 2.20. The van der Waals surface area contributed by atoms with Crippen LogP contribution in [0.5, 0.6) is 0 Å². The van der Waals surface area contributed by atoms with Gasteiger partial charge in [0.2, 0.25) is 0 Å². The zero-order valence-corrected chi connectivity index (χ0v) is 16.9. The van der Waals surface area contributed by atoms with Gasteiger partial charge in [0, 0.05) is 18.6 Å². The lowest BCUT2D eigenvalue weighted by Crippen LogP contribution is -2.42. The second-order valence-corrected chi connectivity index (χ2v) is 7.76. The number of likely N-dealkylation sites (N-methyl/N-ethyl adjacent to an activating group) is 1. The van der Waals surface area contributed by atoms with Gasteiger partial charge >= 0.3 is 0 Å². The lowest BCUT2D eigenvalue weighted by molar-refractivity contribution is 0.303. The first-order chi connectivity index (χ1) is 13.5. The van der Waals surface area contributed by atoms with Gasteiger partial charge in [-0.25, -0.2) is 0 Å². The average molecular weight is 380 g/mol. The summed E-state index contributed by atoms with van der Waals surface area (Å²) < 4.78 is 0. The standard InChI is InChI=1S/C23H29N3O2/c1-16(13-17-11-7-8-12-17)25-21-20(22(27)23(21)28)24-15-19(26(2)3)14-18-9-5-4-6-10-18/h4-7,9-12,16,19,24-25H,8,13-15H2,1-3H3. The molecule has 5 heteroatoms. The molecule has 0 heterocycles. The molecular formula is C23H29N3O2. The summed E-state index contributed by atoms with van der Waals surface area (Å²) in [5.74, 6) is 0. The fourth-order valence-electron chi connectivity index (χ4n) is 3.55. The molecular weight excluding hydrogens is 350 g/mol. The molecule has 28 heavy (non-hydrogen) atoms. The van der Waals surface area contributed by atoms with Crippen LogP contribution in [0.15, 0.2) is 63.7 Å². The molecule has 0 radical (unpaired) electrons. The van der Waals surface area contributed by atoms with Crippen molar-refractivity contribution in [3.63, 3.8) is 0 Å². The van der Waals surface area contributed by atoms with Gasteiger partial charge in [0.05, 0.1) is 0 Å². The third kappa shape index (κ3) is 4.78. The minimum atomic E-state index is -0.424. The van der Waals surface area contributed by atoms with Crippen LogP contribution in [0.2, 0.25) is 0 Å². The first-order valence-corrected chi connectivity index (χ1v) is 9.85. The molecule has 1 aliphatic rings. The fourth-order valence-corrected chi connectivity index (χ4v) is 3.55. The summed E-state index contributed by atoms with van der Waals surface area (Å²) in [5.41, 5.74) is 2.52. The molecule has 3 rings (SSSR count). The molecule has 0 fully saturated rings. The molecule has 0 saturated carbocycles. The zero-order valence-electron chi connectivity index (χ0n) is 16.9. The van der Waals surface area contributed by atoms with Gasteiger partial charge in [0.25, 0.3) is 10.9 Å². The van der Waals surface area contributed by atoms with E-state index in [9.17, 15) is 9.59 Å². The Kier molecular flexibility index (Phi) is 6.47. The van der Waals surface area contributed by atoms with Crippen LogP contribution in [0, 0.1) is 0 Å². The van der Waals surface area contributed by atoms with Crippen LogP contribution in [0.3, 0.4) is 0 Å². The molecule has 1 aliphatic carbocycles. The summed E-state index contributed by atoms with van der Waals surface area (Å²) >= 11 is 0. The van der Waals surface area contributed by atoms with Crippen molar-refractivity contribution in [1.82, 2.24) is 4.90 Å². The van der Waals surface area contributed by atoms with E-state index in [2.05, 4.69) is 45.9 Å². The van der Waals surface area contributed by atoms with Crippen molar-refractivity contribution in [2.75, 3.05) is 31.3 Å². The Labute approximate surface area is 166 Å². The Morgan fingerprint density at radius 1 is 1.04 bits per heavy atom. The molecule has 0 spiro atoms. The summed E-state index contributed by atoms with van der Waals surface area (Å²) in [7, 11) is 4.06. The molecule has 0 aliphatic heterocycles. The maximum atomic E-state index is 12.1. The second-order valence-electron chi connectivity index (χ2n) is 7.76. The lowest BCUT2D eigenvalue weighted by Gasteiger charge is -2.26. The topological polar surface area (TPSA) is 61.4 Å². The fraction of sp³-hybridized carbons (Fsp3) is 0.391. The molecule has 2 atom stereocenters. The molecule has 0 saturated heterocycles. The maximum absolute atomic E-state index is 12.1. The van der Waals surface area contributed by atoms with Gasteiger partial charge in [-0.1, -0.05) is 48.6 Å². The summed E-state index contributed by atoms with van der Waals surface area (Å²) in [6.07, 6.45) is 9.11. The van der Waals surface area contributed by atoms with E-state index in [1.165, 1.54) is 11.1 Å². The maximum Gasteiger partial charge on any atom is 0.253 e. The van der Waals surface area contributed by atoms with E-state index in [0.29, 0.717) is 17.9 Å². The Hall–Kier alpha value is -2.66. The third-order valence-corrected chi connectivity index (χ3v) is 5.25.